The molecule has 3 N–H and O–H groups in total. The molecule has 0 aliphatic carbocycles. The summed E-state index contributed by atoms with van der Waals surface area (Å²) in [6.45, 7) is 2.07. The van der Waals surface area contributed by atoms with Crippen molar-refractivity contribution in [3.63, 3.8) is 0 Å². The van der Waals surface area contributed by atoms with E-state index in [1.165, 1.54) is 0 Å². The van der Waals surface area contributed by atoms with Gasteiger partial charge in [0.15, 0.2) is 0 Å². The highest BCUT2D eigenvalue weighted by molar-refractivity contribution is 6.30. The van der Waals surface area contributed by atoms with Gasteiger partial charge in [0.05, 0.1) is 13.7 Å². The highest BCUT2D eigenvalue weighted by Crippen LogP contribution is 2.27. The van der Waals surface area contributed by atoms with Crippen LogP contribution in [-0.2, 0) is 14.4 Å². The molecule has 0 unspecified atom stereocenters. The van der Waals surface area contributed by atoms with Crippen molar-refractivity contribution in [2.24, 2.45) is 5.73 Å². The van der Waals surface area contributed by atoms with Crippen molar-refractivity contribution in [1.82, 2.24) is 5.32 Å². The van der Waals surface area contributed by atoms with Gasteiger partial charge in [-0.1, -0.05) is 24.6 Å². The Hall–Kier alpha value is -2.30. The number of hydrogen-bond acceptors (Lipinski definition) is 5. The fourth-order valence-corrected chi connectivity index (χ4v) is 1.73. The molecule has 1 rings (SSSR count). The lowest BCUT2D eigenvalue weighted by Crippen LogP contribution is -2.27. The lowest BCUT2D eigenvalue weighted by atomic mass is 10.1. The minimum Gasteiger partial charge on any atom is -0.496 e. The molecule has 0 saturated heterocycles. The number of halogens is 1. The molecular formula is C14H17ClN2O4. The minimum absolute atomic E-state index is 0.0709. The Morgan fingerprint density at radius 3 is 2.57 bits per heavy atom. The normalized spacial score (nSPS) is 9.95. The SMILES string of the molecule is CC/C=C(\NCC(N)=O)c1cc(Cl)ccc1OC.O=C=O. The molecule has 0 radical (unpaired) electrons. The number of primary amides is 1. The third-order valence-corrected chi connectivity index (χ3v) is 2.55. The fraction of sp³-hybridized carbons (Fsp3) is 0.286. The van der Waals surface area contributed by atoms with E-state index in [0.717, 1.165) is 17.7 Å². The Morgan fingerprint density at radius 2 is 2.10 bits per heavy atom. The summed E-state index contributed by atoms with van der Waals surface area (Å²) < 4.78 is 5.28. The molecular weight excluding hydrogens is 296 g/mol. The third-order valence-electron chi connectivity index (χ3n) is 2.31. The van der Waals surface area contributed by atoms with E-state index >= 15 is 0 Å². The Balaban J connectivity index is 0.00000122. The van der Waals surface area contributed by atoms with Gasteiger partial charge in [0.2, 0.25) is 5.91 Å². The third kappa shape index (κ3) is 7.15. The Morgan fingerprint density at radius 1 is 1.48 bits per heavy atom. The molecule has 0 saturated carbocycles. The van der Waals surface area contributed by atoms with Crippen LogP contribution in [0.1, 0.15) is 18.9 Å². The van der Waals surface area contributed by atoms with Gasteiger partial charge in [-0.25, -0.2) is 0 Å². The van der Waals surface area contributed by atoms with Crippen molar-refractivity contribution in [2.45, 2.75) is 13.3 Å². The number of nitrogens with one attached hydrogen (secondary N) is 1. The molecule has 114 valence electrons. The van der Waals surface area contributed by atoms with Crippen LogP contribution in [0.4, 0.5) is 0 Å². The largest absolute Gasteiger partial charge is 0.496 e. The molecule has 7 heteroatoms. The quantitative estimate of drug-likeness (QED) is 0.831. The monoisotopic (exact) mass is 312 g/mol. The van der Waals surface area contributed by atoms with E-state index in [4.69, 9.17) is 31.7 Å². The fourth-order valence-electron chi connectivity index (χ4n) is 1.55. The molecule has 1 amide bonds. The lowest BCUT2D eigenvalue weighted by molar-refractivity contribution is -0.191. The van der Waals surface area contributed by atoms with Crippen LogP contribution in [0.15, 0.2) is 24.3 Å². The molecule has 0 aliphatic heterocycles. The van der Waals surface area contributed by atoms with E-state index in [1.807, 2.05) is 13.0 Å². The molecule has 6 nitrogen and oxygen atoms in total. The van der Waals surface area contributed by atoms with Crippen molar-refractivity contribution < 1.29 is 19.1 Å². The van der Waals surface area contributed by atoms with Crippen LogP contribution < -0.4 is 15.8 Å². The topological polar surface area (TPSA) is 98.5 Å². The van der Waals surface area contributed by atoms with Gasteiger partial charge < -0.3 is 15.8 Å². The summed E-state index contributed by atoms with van der Waals surface area (Å²) in [6, 6.07) is 5.32. The number of carbonyl (C=O) groups excluding carboxylic acids is 3. The van der Waals surface area contributed by atoms with Crippen molar-refractivity contribution in [2.75, 3.05) is 13.7 Å². The molecule has 0 heterocycles. The van der Waals surface area contributed by atoms with E-state index in [9.17, 15) is 4.79 Å². The van der Waals surface area contributed by atoms with Crippen molar-refractivity contribution in [1.29, 1.82) is 0 Å². The van der Waals surface area contributed by atoms with E-state index in [-0.39, 0.29) is 12.7 Å². The Bertz CT molecular complexity index is 538. The second-order valence-corrected chi connectivity index (χ2v) is 4.21. The number of carbonyl (C=O) groups is 1. The lowest BCUT2D eigenvalue weighted by Gasteiger charge is -2.14. The van der Waals surface area contributed by atoms with Crippen LogP contribution in [0.25, 0.3) is 5.70 Å². The summed E-state index contributed by atoms with van der Waals surface area (Å²) in [5.41, 5.74) is 6.73. The van der Waals surface area contributed by atoms with Crippen LogP contribution in [0.5, 0.6) is 5.75 Å². The number of hydrogen-bond donors (Lipinski definition) is 2. The number of benzene rings is 1. The molecule has 21 heavy (non-hydrogen) atoms. The first-order valence-electron chi connectivity index (χ1n) is 6.05. The molecule has 0 aromatic heterocycles. The van der Waals surface area contributed by atoms with Crippen LogP contribution in [0, 0.1) is 0 Å². The number of nitrogens with two attached hydrogens (primary N) is 1. The van der Waals surface area contributed by atoms with Gasteiger partial charge in [0, 0.05) is 16.3 Å². The summed E-state index contributed by atoms with van der Waals surface area (Å²) >= 11 is 5.98. The maximum absolute atomic E-state index is 10.8. The van der Waals surface area contributed by atoms with Crippen molar-refractivity contribution in [3.05, 3.63) is 34.9 Å². The second kappa shape index (κ2) is 10.5. The molecule has 1 aromatic carbocycles. The van der Waals surface area contributed by atoms with Gasteiger partial charge >= 0.3 is 6.15 Å². The second-order valence-electron chi connectivity index (χ2n) is 3.77. The number of ether oxygens (including phenoxy) is 1. The molecule has 0 fully saturated rings. The summed E-state index contributed by atoms with van der Waals surface area (Å²) in [5, 5.41) is 3.59. The highest BCUT2D eigenvalue weighted by atomic mass is 35.5. The summed E-state index contributed by atoms with van der Waals surface area (Å²) in [6.07, 6.45) is 3.02. The molecule has 0 bridgehead atoms. The molecule has 0 atom stereocenters. The van der Waals surface area contributed by atoms with Gasteiger partial charge in [0.1, 0.15) is 5.75 Å². The van der Waals surface area contributed by atoms with Crippen molar-refractivity contribution in [3.8, 4) is 5.75 Å². The maximum atomic E-state index is 10.8. The number of allylic oxidation sites excluding steroid dienone is 1. The smallest absolute Gasteiger partial charge is 0.373 e. The maximum Gasteiger partial charge on any atom is 0.373 e. The minimum atomic E-state index is -0.419. The van der Waals surface area contributed by atoms with Crippen molar-refractivity contribution >= 4 is 29.4 Å². The van der Waals surface area contributed by atoms with Crippen LogP contribution in [0.2, 0.25) is 5.02 Å². The van der Waals surface area contributed by atoms with E-state index in [1.54, 1.807) is 25.3 Å². The predicted molar refractivity (Wildman–Crippen MR) is 78.5 cm³/mol. The number of methoxy groups -OCH3 is 1. The van der Waals surface area contributed by atoms with Gasteiger partial charge in [-0.2, -0.15) is 9.59 Å². The van der Waals surface area contributed by atoms with Gasteiger partial charge in [-0.3, -0.25) is 4.79 Å². The summed E-state index contributed by atoms with van der Waals surface area (Å²) in [4.78, 5) is 27.1. The zero-order chi connectivity index (χ0) is 16.3. The summed E-state index contributed by atoms with van der Waals surface area (Å²) in [5.74, 6) is 0.272. The first-order valence-corrected chi connectivity index (χ1v) is 6.43. The standard InChI is InChI=1S/C13H17ClN2O2.CO2/c1-3-4-11(16-8-13(15)17)10-7-9(14)5-6-12(10)18-2;2-1-3/h4-7,16H,3,8H2,1-2H3,(H2,15,17);/b11-4-;. The molecule has 1 aromatic rings. The van der Waals surface area contributed by atoms with Crippen LogP contribution in [0.3, 0.4) is 0 Å². The van der Waals surface area contributed by atoms with E-state index in [2.05, 4.69) is 5.32 Å². The predicted octanol–water partition coefficient (Wildman–Crippen LogP) is 1.59. The molecule has 0 aliphatic rings. The highest BCUT2D eigenvalue weighted by Gasteiger charge is 2.09. The average Bonchev–Trinajstić information content (AvgIpc) is 2.44. The first-order chi connectivity index (χ1) is 9.99. The molecule has 0 spiro atoms. The van der Waals surface area contributed by atoms with Crippen LogP contribution in [-0.4, -0.2) is 25.7 Å². The van der Waals surface area contributed by atoms with Gasteiger partial charge in [-0.15, -0.1) is 0 Å². The van der Waals surface area contributed by atoms with E-state index in [0.29, 0.717) is 10.8 Å². The van der Waals surface area contributed by atoms with Crippen LogP contribution >= 0.6 is 11.6 Å². The zero-order valence-electron chi connectivity index (χ0n) is 11.8. The first kappa shape index (κ1) is 18.7. The zero-order valence-corrected chi connectivity index (χ0v) is 12.6. The summed E-state index contributed by atoms with van der Waals surface area (Å²) in [7, 11) is 1.59. The van der Waals surface area contributed by atoms with Gasteiger partial charge in [0.25, 0.3) is 0 Å². The van der Waals surface area contributed by atoms with Gasteiger partial charge in [-0.05, 0) is 24.6 Å². The number of rotatable bonds is 6. The average molecular weight is 313 g/mol. The van der Waals surface area contributed by atoms with E-state index < -0.39 is 5.91 Å². The Kier molecular flexibility index (Phi) is 9.33. The number of amides is 1. The Labute approximate surface area is 127 Å².